The molecule has 0 saturated carbocycles. The third-order valence-corrected chi connectivity index (χ3v) is 6.18. The summed E-state index contributed by atoms with van der Waals surface area (Å²) < 4.78 is 0. The van der Waals surface area contributed by atoms with Gasteiger partial charge in [0.25, 0.3) is 0 Å². The van der Waals surface area contributed by atoms with Gasteiger partial charge in [0.05, 0.1) is 5.41 Å². The fraction of sp³-hybridized carbons (Fsp3) is 0.111. The van der Waals surface area contributed by atoms with Crippen molar-refractivity contribution in [2.45, 2.75) is 19.3 Å². The molecule has 0 spiro atoms. The number of aryl methyl sites for hydroxylation is 2. The molecule has 0 saturated heterocycles. The summed E-state index contributed by atoms with van der Waals surface area (Å²) in [5, 5.41) is 20.4. The van der Waals surface area contributed by atoms with Gasteiger partial charge in [-0.1, -0.05) is 72.8 Å². The van der Waals surface area contributed by atoms with Gasteiger partial charge in [0.1, 0.15) is 11.5 Å². The molecule has 0 aliphatic heterocycles. The Kier molecular flexibility index (Phi) is 3.78. The van der Waals surface area contributed by atoms with Crippen molar-refractivity contribution in [3.8, 4) is 22.6 Å². The molecule has 0 bridgehead atoms. The predicted octanol–water partition coefficient (Wildman–Crippen LogP) is 6.08. The van der Waals surface area contributed by atoms with E-state index in [0.29, 0.717) is 5.75 Å². The molecule has 142 valence electrons. The van der Waals surface area contributed by atoms with E-state index in [9.17, 15) is 10.2 Å². The minimum absolute atomic E-state index is 0.251. The van der Waals surface area contributed by atoms with Crippen molar-refractivity contribution in [2.24, 2.45) is 0 Å². The number of phenolic OH excluding ortho intramolecular Hbond substituents is 2. The maximum Gasteiger partial charge on any atom is 0.121 e. The Morgan fingerprint density at radius 2 is 1.07 bits per heavy atom. The zero-order chi connectivity index (χ0) is 20.2. The van der Waals surface area contributed by atoms with Crippen LogP contribution in [0.1, 0.15) is 33.4 Å². The van der Waals surface area contributed by atoms with Gasteiger partial charge < -0.3 is 10.2 Å². The van der Waals surface area contributed by atoms with Crippen LogP contribution in [0.3, 0.4) is 0 Å². The van der Waals surface area contributed by atoms with E-state index in [-0.39, 0.29) is 5.75 Å². The van der Waals surface area contributed by atoms with E-state index in [4.69, 9.17) is 0 Å². The van der Waals surface area contributed by atoms with Crippen LogP contribution in [-0.2, 0) is 5.41 Å². The number of hydrogen-bond donors (Lipinski definition) is 2. The van der Waals surface area contributed by atoms with E-state index in [2.05, 4.69) is 60.7 Å². The highest BCUT2D eigenvalue weighted by Crippen LogP contribution is 2.56. The van der Waals surface area contributed by atoms with Gasteiger partial charge in [0.2, 0.25) is 0 Å². The molecule has 0 fully saturated rings. The zero-order valence-electron chi connectivity index (χ0n) is 16.5. The van der Waals surface area contributed by atoms with Crippen LogP contribution in [0.2, 0.25) is 0 Å². The Balaban J connectivity index is 1.97. The van der Waals surface area contributed by atoms with E-state index in [1.807, 2.05) is 26.0 Å². The van der Waals surface area contributed by atoms with Crippen molar-refractivity contribution in [1.29, 1.82) is 0 Å². The van der Waals surface area contributed by atoms with Gasteiger partial charge in [-0.3, -0.25) is 0 Å². The second-order valence-electron chi connectivity index (χ2n) is 7.85. The maximum absolute atomic E-state index is 10.4. The van der Waals surface area contributed by atoms with Crippen LogP contribution in [0.4, 0.5) is 0 Å². The van der Waals surface area contributed by atoms with Crippen LogP contribution < -0.4 is 0 Å². The normalized spacial score (nSPS) is 13.7. The van der Waals surface area contributed by atoms with E-state index in [0.717, 1.165) is 22.3 Å². The standard InChI is InChI=1S/C27H22O2/c1-17-15-20(16-18(2)26(17)29)27(19-11-13-21(28)14-12-19)24-9-5-3-7-22(24)23-8-4-6-10-25(23)27/h3-16,28-29H,1-2H3. The molecule has 5 rings (SSSR count). The lowest BCUT2D eigenvalue weighted by Gasteiger charge is -2.34. The Hall–Kier alpha value is -3.52. The second-order valence-corrected chi connectivity index (χ2v) is 7.85. The first-order valence-electron chi connectivity index (χ1n) is 9.83. The van der Waals surface area contributed by atoms with Crippen molar-refractivity contribution in [1.82, 2.24) is 0 Å². The van der Waals surface area contributed by atoms with Gasteiger partial charge in [0, 0.05) is 0 Å². The highest BCUT2D eigenvalue weighted by atomic mass is 16.3. The molecule has 0 radical (unpaired) electrons. The topological polar surface area (TPSA) is 40.5 Å². The van der Waals surface area contributed by atoms with Crippen molar-refractivity contribution in [3.63, 3.8) is 0 Å². The van der Waals surface area contributed by atoms with Crippen molar-refractivity contribution in [3.05, 3.63) is 118 Å². The summed E-state index contributed by atoms with van der Waals surface area (Å²) >= 11 is 0. The SMILES string of the molecule is Cc1cc(C2(c3ccc(O)cc3)c3ccccc3-c3ccccc32)cc(C)c1O. The summed E-state index contributed by atoms with van der Waals surface area (Å²) in [6, 6.07) is 28.8. The fourth-order valence-corrected chi connectivity index (χ4v) is 4.91. The minimum Gasteiger partial charge on any atom is -0.508 e. The quantitative estimate of drug-likeness (QED) is 0.391. The number of rotatable bonds is 2. The summed E-state index contributed by atoms with van der Waals surface area (Å²) in [5.41, 5.74) is 8.31. The monoisotopic (exact) mass is 378 g/mol. The van der Waals surface area contributed by atoms with E-state index in [1.54, 1.807) is 12.1 Å². The number of hydrogen-bond acceptors (Lipinski definition) is 2. The predicted molar refractivity (Wildman–Crippen MR) is 117 cm³/mol. The van der Waals surface area contributed by atoms with Crippen LogP contribution in [-0.4, -0.2) is 10.2 Å². The maximum atomic E-state index is 10.4. The molecule has 2 nitrogen and oxygen atoms in total. The summed E-state index contributed by atoms with van der Waals surface area (Å²) in [6.07, 6.45) is 0. The number of benzene rings is 4. The fourth-order valence-electron chi connectivity index (χ4n) is 4.91. The second kappa shape index (κ2) is 6.25. The number of aromatic hydroxyl groups is 2. The van der Waals surface area contributed by atoms with E-state index < -0.39 is 5.41 Å². The Morgan fingerprint density at radius 3 is 1.59 bits per heavy atom. The summed E-state index contributed by atoms with van der Waals surface area (Å²) in [6.45, 7) is 3.90. The van der Waals surface area contributed by atoms with E-state index >= 15 is 0 Å². The smallest absolute Gasteiger partial charge is 0.121 e. The number of fused-ring (bicyclic) bond motifs is 3. The van der Waals surface area contributed by atoms with Crippen molar-refractivity contribution < 1.29 is 10.2 Å². The van der Waals surface area contributed by atoms with Gasteiger partial charge in [-0.25, -0.2) is 0 Å². The van der Waals surface area contributed by atoms with Crippen LogP contribution in [0, 0.1) is 13.8 Å². The zero-order valence-corrected chi connectivity index (χ0v) is 16.5. The molecule has 0 heterocycles. The Bertz CT molecular complexity index is 1170. The summed E-state index contributed by atoms with van der Waals surface area (Å²) in [5.74, 6) is 0.593. The van der Waals surface area contributed by atoms with Gasteiger partial charge in [0.15, 0.2) is 0 Å². The van der Waals surface area contributed by atoms with Crippen LogP contribution in [0.5, 0.6) is 11.5 Å². The molecular weight excluding hydrogens is 356 g/mol. The molecular formula is C27H22O2. The Morgan fingerprint density at radius 1 is 0.586 bits per heavy atom. The molecule has 4 aromatic carbocycles. The molecule has 0 unspecified atom stereocenters. The molecule has 2 N–H and O–H groups in total. The number of phenols is 2. The first kappa shape index (κ1) is 17.6. The van der Waals surface area contributed by atoms with Crippen LogP contribution in [0.15, 0.2) is 84.9 Å². The molecule has 0 atom stereocenters. The summed E-state index contributed by atoms with van der Waals surface area (Å²) in [4.78, 5) is 0. The van der Waals surface area contributed by atoms with Gasteiger partial charge in [-0.2, -0.15) is 0 Å². The van der Waals surface area contributed by atoms with Crippen molar-refractivity contribution >= 4 is 0 Å². The van der Waals surface area contributed by atoms with E-state index in [1.165, 1.54) is 22.3 Å². The lowest BCUT2D eigenvalue weighted by molar-refractivity contribution is 0.466. The van der Waals surface area contributed by atoms with Crippen LogP contribution >= 0.6 is 0 Å². The third-order valence-electron chi connectivity index (χ3n) is 6.18. The van der Waals surface area contributed by atoms with Gasteiger partial charge in [-0.15, -0.1) is 0 Å². The molecule has 0 amide bonds. The van der Waals surface area contributed by atoms with Crippen molar-refractivity contribution in [2.75, 3.05) is 0 Å². The highest BCUT2D eigenvalue weighted by Gasteiger charge is 2.46. The molecule has 0 aromatic heterocycles. The average molecular weight is 378 g/mol. The largest absolute Gasteiger partial charge is 0.508 e. The minimum atomic E-state index is -0.510. The Labute approximate surface area is 170 Å². The molecule has 29 heavy (non-hydrogen) atoms. The third kappa shape index (κ3) is 2.35. The molecule has 1 aliphatic rings. The molecule has 1 aliphatic carbocycles. The lowest BCUT2D eigenvalue weighted by Crippen LogP contribution is -2.28. The summed E-state index contributed by atoms with van der Waals surface area (Å²) in [7, 11) is 0. The molecule has 4 aromatic rings. The highest BCUT2D eigenvalue weighted by molar-refractivity contribution is 5.86. The van der Waals surface area contributed by atoms with Gasteiger partial charge >= 0.3 is 0 Å². The van der Waals surface area contributed by atoms with Gasteiger partial charge in [-0.05, 0) is 70.5 Å². The molecule has 2 heteroatoms. The lowest BCUT2D eigenvalue weighted by atomic mass is 9.67. The first-order valence-corrected chi connectivity index (χ1v) is 9.83. The average Bonchev–Trinajstić information content (AvgIpc) is 3.04. The van der Waals surface area contributed by atoms with Crippen LogP contribution in [0.25, 0.3) is 11.1 Å². The first-order chi connectivity index (χ1) is 14.0.